The van der Waals surface area contributed by atoms with Gasteiger partial charge in [0.15, 0.2) is 5.96 Å². The molecule has 0 saturated carbocycles. The average molecular weight is 323 g/mol. The number of aliphatic imine (C=N–C) groups is 1. The summed E-state index contributed by atoms with van der Waals surface area (Å²) >= 11 is 0. The number of nitrogens with zero attached hydrogens (tertiary/aromatic N) is 3. The molecule has 0 radical (unpaired) electrons. The normalized spacial score (nSPS) is 11.5. The third kappa shape index (κ3) is 3.84. The van der Waals surface area contributed by atoms with Crippen LogP contribution in [0.1, 0.15) is 11.6 Å². The maximum atomic E-state index is 5.32. The van der Waals surface area contributed by atoms with Crippen molar-refractivity contribution in [1.82, 2.24) is 20.2 Å². The zero-order chi connectivity index (χ0) is 16.8. The highest BCUT2D eigenvalue weighted by atomic mass is 16.3. The largest absolute Gasteiger partial charge is 0.467 e. The molecule has 0 aliphatic carbocycles. The predicted octanol–water partition coefficient (Wildman–Crippen LogP) is 2.88. The highest BCUT2D eigenvalue weighted by Crippen LogP contribution is 2.16. The van der Waals surface area contributed by atoms with Crippen molar-refractivity contribution in [2.45, 2.75) is 13.1 Å². The Balaban J connectivity index is 1.61. The number of H-pyrrole nitrogens is 1. The lowest BCUT2D eigenvalue weighted by Gasteiger charge is -2.20. The van der Waals surface area contributed by atoms with Gasteiger partial charge in [0.2, 0.25) is 0 Å². The van der Waals surface area contributed by atoms with Crippen LogP contribution in [0.15, 0.2) is 64.3 Å². The molecule has 6 nitrogen and oxygen atoms in total. The third-order valence-electron chi connectivity index (χ3n) is 3.67. The summed E-state index contributed by atoms with van der Waals surface area (Å²) in [7, 11) is 3.74. The molecule has 0 amide bonds. The predicted molar refractivity (Wildman–Crippen MR) is 94.4 cm³/mol. The standard InChI is InChI=1S/C18H21N5O/c1-19-18(21-11-15-9-6-10-24-15)23(2)13-17-20-12-16(22-17)14-7-4-3-5-8-14/h3-10,12H,11,13H2,1-2H3,(H,19,21)(H,20,22). The molecule has 6 heteroatoms. The van der Waals surface area contributed by atoms with Gasteiger partial charge in [0.1, 0.15) is 11.6 Å². The Kier molecular flexibility index (Phi) is 4.96. The highest BCUT2D eigenvalue weighted by Gasteiger charge is 2.10. The van der Waals surface area contributed by atoms with Gasteiger partial charge in [0.05, 0.1) is 31.2 Å². The van der Waals surface area contributed by atoms with Gasteiger partial charge in [-0.2, -0.15) is 0 Å². The van der Waals surface area contributed by atoms with Crippen molar-refractivity contribution >= 4 is 5.96 Å². The smallest absolute Gasteiger partial charge is 0.194 e. The Bertz CT molecular complexity index is 777. The van der Waals surface area contributed by atoms with E-state index in [1.165, 1.54) is 0 Å². The summed E-state index contributed by atoms with van der Waals surface area (Å²) in [6, 6.07) is 14.0. The number of aromatic nitrogens is 2. The van der Waals surface area contributed by atoms with E-state index in [-0.39, 0.29) is 0 Å². The van der Waals surface area contributed by atoms with Gasteiger partial charge in [0.25, 0.3) is 0 Å². The summed E-state index contributed by atoms with van der Waals surface area (Å²) in [5.41, 5.74) is 2.14. The summed E-state index contributed by atoms with van der Waals surface area (Å²) < 4.78 is 5.32. The fourth-order valence-corrected chi connectivity index (χ4v) is 2.47. The Morgan fingerprint density at radius 2 is 2.08 bits per heavy atom. The molecular weight excluding hydrogens is 302 g/mol. The van der Waals surface area contributed by atoms with Crippen LogP contribution in [-0.4, -0.2) is 34.9 Å². The maximum Gasteiger partial charge on any atom is 0.194 e. The van der Waals surface area contributed by atoms with Crippen molar-refractivity contribution < 1.29 is 4.42 Å². The first-order valence-corrected chi connectivity index (χ1v) is 7.79. The monoisotopic (exact) mass is 323 g/mol. The number of hydrogen-bond acceptors (Lipinski definition) is 3. The fourth-order valence-electron chi connectivity index (χ4n) is 2.47. The molecule has 1 aromatic carbocycles. The zero-order valence-electron chi connectivity index (χ0n) is 13.9. The number of hydrogen-bond donors (Lipinski definition) is 2. The van der Waals surface area contributed by atoms with Crippen LogP contribution in [0, 0.1) is 0 Å². The van der Waals surface area contributed by atoms with Gasteiger partial charge in [-0.15, -0.1) is 0 Å². The van der Waals surface area contributed by atoms with E-state index in [4.69, 9.17) is 4.42 Å². The van der Waals surface area contributed by atoms with Gasteiger partial charge in [-0.25, -0.2) is 4.98 Å². The molecule has 24 heavy (non-hydrogen) atoms. The van der Waals surface area contributed by atoms with Gasteiger partial charge >= 0.3 is 0 Å². The fraction of sp³-hybridized carbons (Fsp3) is 0.222. The first-order chi connectivity index (χ1) is 11.8. The number of nitrogens with one attached hydrogen (secondary N) is 2. The Morgan fingerprint density at radius 3 is 2.79 bits per heavy atom. The number of imidazole rings is 1. The Hall–Kier alpha value is -3.02. The van der Waals surface area contributed by atoms with Crippen molar-refractivity contribution in [2.75, 3.05) is 14.1 Å². The summed E-state index contributed by atoms with van der Waals surface area (Å²) in [5.74, 6) is 2.54. The van der Waals surface area contributed by atoms with Crippen molar-refractivity contribution in [2.24, 2.45) is 4.99 Å². The molecule has 2 N–H and O–H groups in total. The summed E-state index contributed by atoms with van der Waals surface area (Å²) in [4.78, 5) is 14.1. The molecule has 0 saturated heterocycles. The van der Waals surface area contributed by atoms with E-state index >= 15 is 0 Å². The van der Waals surface area contributed by atoms with E-state index < -0.39 is 0 Å². The van der Waals surface area contributed by atoms with E-state index in [2.05, 4.69) is 32.4 Å². The number of furan rings is 1. The highest BCUT2D eigenvalue weighted by molar-refractivity contribution is 5.79. The lowest BCUT2D eigenvalue weighted by molar-refractivity contribution is 0.450. The molecule has 2 aromatic heterocycles. The van der Waals surface area contributed by atoms with Crippen LogP contribution < -0.4 is 5.32 Å². The molecule has 3 aromatic rings. The zero-order valence-corrected chi connectivity index (χ0v) is 13.9. The number of guanidine groups is 1. The van der Waals surface area contributed by atoms with E-state index in [9.17, 15) is 0 Å². The number of benzene rings is 1. The van der Waals surface area contributed by atoms with Crippen LogP contribution in [0.3, 0.4) is 0 Å². The van der Waals surface area contributed by atoms with Gasteiger partial charge < -0.3 is 19.6 Å². The second-order valence-corrected chi connectivity index (χ2v) is 5.45. The first kappa shape index (κ1) is 15.9. The molecule has 0 bridgehead atoms. The molecule has 0 aliphatic heterocycles. The molecule has 0 spiro atoms. The van der Waals surface area contributed by atoms with Crippen LogP contribution in [-0.2, 0) is 13.1 Å². The van der Waals surface area contributed by atoms with Crippen molar-refractivity contribution in [1.29, 1.82) is 0 Å². The average Bonchev–Trinajstić information content (AvgIpc) is 3.28. The van der Waals surface area contributed by atoms with Crippen LogP contribution in [0.4, 0.5) is 0 Å². The number of rotatable bonds is 5. The number of aromatic amines is 1. The molecule has 124 valence electrons. The van der Waals surface area contributed by atoms with Gasteiger partial charge in [0, 0.05) is 14.1 Å². The van der Waals surface area contributed by atoms with Crippen LogP contribution >= 0.6 is 0 Å². The van der Waals surface area contributed by atoms with Gasteiger partial charge in [-0.05, 0) is 17.7 Å². The lowest BCUT2D eigenvalue weighted by Crippen LogP contribution is -2.38. The van der Waals surface area contributed by atoms with E-state index in [1.807, 2.05) is 48.5 Å². The topological polar surface area (TPSA) is 69.5 Å². The van der Waals surface area contributed by atoms with Crippen molar-refractivity contribution in [3.05, 3.63) is 66.5 Å². The first-order valence-electron chi connectivity index (χ1n) is 7.79. The Labute approximate surface area is 141 Å². The van der Waals surface area contributed by atoms with E-state index in [1.54, 1.807) is 13.3 Å². The van der Waals surface area contributed by atoms with E-state index in [0.29, 0.717) is 13.1 Å². The second kappa shape index (κ2) is 7.50. The molecule has 2 heterocycles. The van der Waals surface area contributed by atoms with E-state index in [0.717, 1.165) is 28.8 Å². The minimum absolute atomic E-state index is 0.595. The summed E-state index contributed by atoms with van der Waals surface area (Å²) in [6.45, 7) is 1.22. The lowest BCUT2D eigenvalue weighted by atomic mass is 10.2. The van der Waals surface area contributed by atoms with Crippen LogP contribution in [0.25, 0.3) is 11.3 Å². The molecule has 0 atom stereocenters. The Morgan fingerprint density at radius 1 is 1.25 bits per heavy atom. The molecule has 0 unspecified atom stereocenters. The van der Waals surface area contributed by atoms with Crippen LogP contribution in [0.5, 0.6) is 0 Å². The van der Waals surface area contributed by atoms with Gasteiger partial charge in [-0.1, -0.05) is 30.3 Å². The van der Waals surface area contributed by atoms with Gasteiger partial charge in [-0.3, -0.25) is 4.99 Å². The second-order valence-electron chi connectivity index (χ2n) is 5.45. The van der Waals surface area contributed by atoms with Crippen molar-refractivity contribution in [3.63, 3.8) is 0 Å². The minimum atomic E-state index is 0.595. The van der Waals surface area contributed by atoms with Crippen LogP contribution in [0.2, 0.25) is 0 Å². The third-order valence-corrected chi connectivity index (χ3v) is 3.67. The van der Waals surface area contributed by atoms with Crippen molar-refractivity contribution in [3.8, 4) is 11.3 Å². The summed E-state index contributed by atoms with van der Waals surface area (Å²) in [6.07, 6.45) is 3.52. The minimum Gasteiger partial charge on any atom is -0.467 e. The molecule has 0 fully saturated rings. The molecule has 0 aliphatic rings. The molecule has 3 rings (SSSR count). The molecular formula is C18H21N5O. The SMILES string of the molecule is CN=C(NCc1ccco1)N(C)Cc1ncc(-c2ccccc2)[nH]1. The maximum absolute atomic E-state index is 5.32. The quantitative estimate of drug-likeness (QED) is 0.559. The summed E-state index contributed by atoms with van der Waals surface area (Å²) in [5, 5.41) is 3.27.